The average molecular weight is 226 g/mol. The summed E-state index contributed by atoms with van der Waals surface area (Å²) in [4.78, 5) is 11.6. The van der Waals surface area contributed by atoms with E-state index in [4.69, 9.17) is 0 Å². The van der Waals surface area contributed by atoms with E-state index < -0.39 is 0 Å². The second-order valence-electron chi connectivity index (χ2n) is 4.96. The molecule has 0 spiro atoms. The van der Waals surface area contributed by atoms with Gasteiger partial charge >= 0.3 is 0 Å². The van der Waals surface area contributed by atoms with Crippen molar-refractivity contribution in [2.45, 2.75) is 52.5 Å². The Kier molecular flexibility index (Phi) is 5.81. The third-order valence-corrected chi connectivity index (χ3v) is 3.68. The van der Waals surface area contributed by atoms with Crippen LogP contribution in [0.15, 0.2) is 0 Å². The lowest BCUT2D eigenvalue weighted by molar-refractivity contribution is -0.122. The first-order chi connectivity index (χ1) is 7.67. The number of carbonyl (C=O) groups is 1. The summed E-state index contributed by atoms with van der Waals surface area (Å²) < 4.78 is 0. The predicted molar refractivity (Wildman–Crippen MR) is 67.3 cm³/mol. The van der Waals surface area contributed by atoms with Crippen molar-refractivity contribution in [2.75, 3.05) is 13.1 Å². The van der Waals surface area contributed by atoms with Gasteiger partial charge in [-0.1, -0.05) is 13.8 Å². The molecule has 0 aromatic carbocycles. The molecule has 1 aliphatic carbocycles. The van der Waals surface area contributed by atoms with Crippen LogP contribution in [-0.2, 0) is 4.79 Å². The van der Waals surface area contributed by atoms with Gasteiger partial charge in [-0.3, -0.25) is 4.79 Å². The predicted octanol–water partition coefficient (Wildman–Crippen LogP) is 1.93. The van der Waals surface area contributed by atoms with Crippen molar-refractivity contribution in [3.63, 3.8) is 0 Å². The Hall–Kier alpha value is -0.570. The summed E-state index contributed by atoms with van der Waals surface area (Å²) in [7, 11) is 0. The number of hydrogen-bond acceptors (Lipinski definition) is 2. The van der Waals surface area contributed by atoms with E-state index in [0.717, 1.165) is 19.5 Å². The van der Waals surface area contributed by atoms with Gasteiger partial charge < -0.3 is 10.6 Å². The molecule has 16 heavy (non-hydrogen) atoms. The Bertz CT molecular complexity index is 218. The largest absolute Gasteiger partial charge is 0.356 e. The zero-order chi connectivity index (χ0) is 12.0. The lowest BCUT2D eigenvalue weighted by atomic mass is 9.76. The van der Waals surface area contributed by atoms with Crippen molar-refractivity contribution in [3.05, 3.63) is 0 Å². The van der Waals surface area contributed by atoms with Crippen molar-refractivity contribution < 1.29 is 4.79 Å². The maximum atomic E-state index is 11.6. The molecule has 1 saturated carbocycles. The summed E-state index contributed by atoms with van der Waals surface area (Å²) in [5.74, 6) is 1.47. The molecule has 0 aromatic heterocycles. The van der Waals surface area contributed by atoms with Crippen LogP contribution in [0.2, 0.25) is 0 Å². The van der Waals surface area contributed by atoms with Gasteiger partial charge in [0.15, 0.2) is 0 Å². The number of rotatable bonds is 5. The van der Waals surface area contributed by atoms with Gasteiger partial charge in [0.25, 0.3) is 0 Å². The minimum atomic E-state index is 0.219. The smallest absolute Gasteiger partial charge is 0.220 e. The maximum absolute atomic E-state index is 11.6. The molecule has 3 atom stereocenters. The van der Waals surface area contributed by atoms with Gasteiger partial charge in [-0.15, -0.1) is 0 Å². The van der Waals surface area contributed by atoms with Crippen molar-refractivity contribution in [1.29, 1.82) is 0 Å². The van der Waals surface area contributed by atoms with Crippen molar-refractivity contribution in [1.82, 2.24) is 10.6 Å². The van der Waals surface area contributed by atoms with Crippen LogP contribution in [0.4, 0.5) is 0 Å². The quantitative estimate of drug-likeness (QED) is 0.752. The van der Waals surface area contributed by atoms with Crippen LogP contribution >= 0.6 is 0 Å². The minimum absolute atomic E-state index is 0.219. The topological polar surface area (TPSA) is 41.1 Å². The van der Waals surface area contributed by atoms with Crippen LogP contribution in [0.3, 0.4) is 0 Å². The summed E-state index contributed by atoms with van der Waals surface area (Å²) in [5.41, 5.74) is 0. The number of nitrogens with one attached hydrogen (secondary N) is 2. The molecule has 0 radical (unpaired) electrons. The summed E-state index contributed by atoms with van der Waals surface area (Å²) in [6.07, 6.45) is 4.38. The molecule has 0 aromatic rings. The Morgan fingerprint density at radius 3 is 2.62 bits per heavy atom. The van der Waals surface area contributed by atoms with Crippen molar-refractivity contribution in [3.8, 4) is 0 Å². The molecule has 1 fully saturated rings. The molecular weight excluding hydrogens is 200 g/mol. The van der Waals surface area contributed by atoms with Gasteiger partial charge in [0.1, 0.15) is 0 Å². The lowest BCUT2D eigenvalue weighted by Gasteiger charge is -2.34. The Morgan fingerprint density at radius 2 is 2.00 bits per heavy atom. The summed E-state index contributed by atoms with van der Waals surface area (Å²) >= 11 is 0. The summed E-state index contributed by atoms with van der Waals surface area (Å²) in [5, 5.41) is 6.41. The fourth-order valence-electron chi connectivity index (χ4n) is 2.68. The van der Waals surface area contributed by atoms with Gasteiger partial charge in [0, 0.05) is 19.0 Å². The lowest BCUT2D eigenvalue weighted by Crippen LogP contribution is -2.38. The first-order valence-electron chi connectivity index (χ1n) is 6.67. The SMILES string of the molecule is CCNC(=O)CC1CC(NCC)CCC1C. The number of amides is 1. The highest BCUT2D eigenvalue weighted by Gasteiger charge is 2.28. The maximum Gasteiger partial charge on any atom is 0.220 e. The summed E-state index contributed by atoms with van der Waals surface area (Å²) in [6, 6.07) is 0.626. The molecule has 0 saturated heterocycles. The normalized spacial score (nSPS) is 30.1. The molecule has 0 heterocycles. The Balaban J connectivity index is 2.40. The molecule has 1 aliphatic rings. The highest BCUT2D eigenvalue weighted by atomic mass is 16.1. The van der Waals surface area contributed by atoms with Crippen molar-refractivity contribution >= 4 is 5.91 Å². The van der Waals surface area contributed by atoms with Crippen LogP contribution in [0, 0.1) is 11.8 Å². The third-order valence-electron chi connectivity index (χ3n) is 3.68. The Morgan fingerprint density at radius 1 is 1.25 bits per heavy atom. The summed E-state index contributed by atoms with van der Waals surface area (Å²) in [6.45, 7) is 8.19. The van der Waals surface area contributed by atoms with E-state index in [9.17, 15) is 4.79 Å². The fraction of sp³-hybridized carbons (Fsp3) is 0.923. The molecule has 0 bridgehead atoms. The molecule has 94 valence electrons. The van der Waals surface area contributed by atoms with E-state index >= 15 is 0 Å². The Labute approximate surface area is 99.4 Å². The van der Waals surface area contributed by atoms with E-state index in [0.29, 0.717) is 24.3 Å². The van der Waals surface area contributed by atoms with Crippen LogP contribution in [0.1, 0.15) is 46.5 Å². The second-order valence-corrected chi connectivity index (χ2v) is 4.96. The molecule has 3 heteroatoms. The molecule has 1 rings (SSSR count). The zero-order valence-electron chi connectivity index (χ0n) is 10.9. The third kappa shape index (κ3) is 4.12. The highest BCUT2D eigenvalue weighted by Crippen LogP contribution is 2.32. The molecule has 0 aliphatic heterocycles. The number of hydrogen-bond donors (Lipinski definition) is 2. The minimum Gasteiger partial charge on any atom is -0.356 e. The fourth-order valence-corrected chi connectivity index (χ4v) is 2.68. The number of carbonyl (C=O) groups excluding carboxylic acids is 1. The van der Waals surface area contributed by atoms with E-state index in [1.165, 1.54) is 12.8 Å². The van der Waals surface area contributed by atoms with Gasteiger partial charge in [-0.05, 0) is 44.6 Å². The van der Waals surface area contributed by atoms with Crippen LogP contribution < -0.4 is 10.6 Å². The molecule has 2 N–H and O–H groups in total. The van der Waals surface area contributed by atoms with Crippen LogP contribution in [-0.4, -0.2) is 25.0 Å². The molecular formula is C13H26N2O. The van der Waals surface area contributed by atoms with E-state index in [2.05, 4.69) is 24.5 Å². The van der Waals surface area contributed by atoms with E-state index in [1.807, 2.05) is 6.92 Å². The van der Waals surface area contributed by atoms with Gasteiger partial charge in [0.2, 0.25) is 5.91 Å². The second kappa shape index (κ2) is 6.89. The highest BCUT2D eigenvalue weighted by molar-refractivity contribution is 5.76. The van der Waals surface area contributed by atoms with Gasteiger partial charge in [-0.25, -0.2) is 0 Å². The van der Waals surface area contributed by atoms with E-state index in [-0.39, 0.29) is 5.91 Å². The first kappa shape index (κ1) is 13.5. The molecule has 1 amide bonds. The van der Waals surface area contributed by atoms with Crippen LogP contribution in [0.25, 0.3) is 0 Å². The zero-order valence-corrected chi connectivity index (χ0v) is 10.9. The monoisotopic (exact) mass is 226 g/mol. The average Bonchev–Trinajstić information content (AvgIpc) is 2.24. The van der Waals surface area contributed by atoms with Crippen LogP contribution in [0.5, 0.6) is 0 Å². The van der Waals surface area contributed by atoms with Gasteiger partial charge in [-0.2, -0.15) is 0 Å². The molecule has 3 unspecified atom stereocenters. The van der Waals surface area contributed by atoms with E-state index in [1.54, 1.807) is 0 Å². The van der Waals surface area contributed by atoms with Gasteiger partial charge in [0.05, 0.1) is 0 Å². The standard InChI is InChI=1S/C13H26N2O/c1-4-14-12-7-6-10(3)11(8-12)9-13(16)15-5-2/h10-12,14H,4-9H2,1-3H3,(H,15,16). The van der Waals surface area contributed by atoms with Crippen molar-refractivity contribution in [2.24, 2.45) is 11.8 Å². The first-order valence-corrected chi connectivity index (χ1v) is 6.67. The molecule has 3 nitrogen and oxygen atoms in total.